The summed E-state index contributed by atoms with van der Waals surface area (Å²) in [7, 11) is 3.85. The SMILES string of the molecule is CC(=O)c1ccc(NC(=O)C2(C(=O)NCCN(C)C)CC2)cc1. The molecule has 124 valence electrons. The van der Waals surface area contributed by atoms with Gasteiger partial charge in [-0.05, 0) is 58.1 Å². The van der Waals surface area contributed by atoms with Crippen LogP contribution in [0.5, 0.6) is 0 Å². The van der Waals surface area contributed by atoms with Gasteiger partial charge in [-0.2, -0.15) is 0 Å². The number of nitrogens with zero attached hydrogens (tertiary/aromatic N) is 1. The van der Waals surface area contributed by atoms with Gasteiger partial charge < -0.3 is 15.5 Å². The van der Waals surface area contributed by atoms with Crippen LogP contribution in [0.4, 0.5) is 5.69 Å². The molecule has 1 fully saturated rings. The molecule has 2 N–H and O–H groups in total. The van der Waals surface area contributed by atoms with Crippen LogP contribution in [0.1, 0.15) is 30.1 Å². The molecule has 0 saturated heterocycles. The standard InChI is InChI=1S/C17H23N3O3/c1-12(21)13-4-6-14(7-5-13)19-16(23)17(8-9-17)15(22)18-10-11-20(2)3/h4-7H,8-11H2,1-3H3,(H,18,22)(H,19,23). The summed E-state index contributed by atoms with van der Waals surface area (Å²) in [5, 5.41) is 5.59. The minimum Gasteiger partial charge on any atom is -0.354 e. The van der Waals surface area contributed by atoms with E-state index in [-0.39, 0.29) is 17.6 Å². The average Bonchev–Trinajstić information content (AvgIpc) is 3.29. The zero-order chi connectivity index (χ0) is 17.0. The van der Waals surface area contributed by atoms with Crippen LogP contribution in [0.3, 0.4) is 0 Å². The van der Waals surface area contributed by atoms with Crippen molar-refractivity contribution >= 4 is 23.3 Å². The van der Waals surface area contributed by atoms with E-state index in [1.54, 1.807) is 24.3 Å². The molecule has 2 rings (SSSR count). The lowest BCUT2D eigenvalue weighted by molar-refractivity contribution is -0.134. The highest BCUT2D eigenvalue weighted by Gasteiger charge is 2.56. The third-order valence-electron chi connectivity index (χ3n) is 4.01. The first kappa shape index (κ1) is 17.1. The lowest BCUT2D eigenvalue weighted by Crippen LogP contribution is -2.42. The lowest BCUT2D eigenvalue weighted by atomic mass is 10.0. The van der Waals surface area contributed by atoms with Gasteiger partial charge in [0.1, 0.15) is 5.41 Å². The summed E-state index contributed by atoms with van der Waals surface area (Å²) in [4.78, 5) is 37.9. The minimum absolute atomic E-state index is 0.0261. The van der Waals surface area contributed by atoms with Gasteiger partial charge in [0.15, 0.2) is 5.78 Å². The maximum Gasteiger partial charge on any atom is 0.240 e. The Morgan fingerprint density at radius 2 is 1.70 bits per heavy atom. The van der Waals surface area contributed by atoms with Crippen molar-refractivity contribution in [1.29, 1.82) is 0 Å². The summed E-state index contributed by atoms with van der Waals surface area (Å²) < 4.78 is 0. The van der Waals surface area contributed by atoms with E-state index in [2.05, 4.69) is 10.6 Å². The number of carbonyl (C=O) groups is 3. The maximum atomic E-state index is 12.4. The Balaban J connectivity index is 1.94. The number of likely N-dealkylation sites (N-methyl/N-ethyl adjacent to an activating group) is 1. The third-order valence-corrected chi connectivity index (χ3v) is 4.01. The van der Waals surface area contributed by atoms with Crippen LogP contribution in [0, 0.1) is 5.41 Å². The smallest absolute Gasteiger partial charge is 0.240 e. The highest BCUT2D eigenvalue weighted by Crippen LogP contribution is 2.46. The molecule has 1 aromatic carbocycles. The fourth-order valence-corrected chi connectivity index (χ4v) is 2.28. The molecule has 0 spiro atoms. The number of carbonyl (C=O) groups excluding carboxylic acids is 3. The Morgan fingerprint density at radius 3 is 2.17 bits per heavy atom. The quantitative estimate of drug-likeness (QED) is 0.587. The van der Waals surface area contributed by atoms with Gasteiger partial charge in [-0.1, -0.05) is 0 Å². The number of amides is 2. The molecule has 0 radical (unpaired) electrons. The number of ketones is 1. The van der Waals surface area contributed by atoms with Crippen LogP contribution < -0.4 is 10.6 Å². The largest absolute Gasteiger partial charge is 0.354 e. The van der Waals surface area contributed by atoms with Gasteiger partial charge in [-0.25, -0.2) is 0 Å². The van der Waals surface area contributed by atoms with Gasteiger partial charge in [0.25, 0.3) is 0 Å². The second kappa shape index (κ2) is 6.91. The van der Waals surface area contributed by atoms with E-state index in [1.165, 1.54) is 6.92 Å². The summed E-state index contributed by atoms with van der Waals surface area (Å²) in [6, 6.07) is 6.67. The molecular weight excluding hydrogens is 294 g/mol. The molecule has 0 atom stereocenters. The lowest BCUT2D eigenvalue weighted by Gasteiger charge is -2.16. The molecule has 0 aliphatic heterocycles. The molecule has 1 aliphatic carbocycles. The molecular formula is C17H23N3O3. The maximum absolute atomic E-state index is 12.4. The monoisotopic (exact) mass is 317 g/mol. The van der Waals surface area contributed by atoms with Crippen molar-refractivity contribution in [1.82, 2.24) is 10.2 Å². The van der Waals surface area contributed by atoms with Gasteiger partial charge in [-0.3, -0.25) is 14.4 Å². The Labute approximate surface area is 136 Å². The molecule has 6 heteroatoms. The Bertz CT molecular complexity index is 604. The predicted octanol–water partition coefficient (Wildman–Crippen LogP) is 1.29. The van der Waals surface area contributed by atoms with Crippen LogP contribution in [0.15, 0.2) is 24.3 Å². The fraction of sp³-hybridized carbons (Fsp3) is 0.471. The minimum atomic E-state index is -0.939. The van der Waals surface area contributed by atoms with E-state index >= 15 is 0 Å². The highest BCUT2D eigenvalue weighted by molar-refractivity contribution is 6.13. The molecule has 0 unspecified atom stereocenters. The van der Waals surface area contributed by atoms with Crippen LogP contribution in [0.2, 0.25) is 0 Å². The average molecular weight is 317 g/mol. The highest BCUT2D eigenvalue weighted by atomic mass is 16.2. The van der Waals surface area contributed by atoms with E-state index in [1.807, 2.05) is 19.0 Å². The zero-order valence-corrected chi connectivity index (χ0v) is 13.8. The zero-order valence-electron chi connectivity index (χ0n) is 13.8. The van der Waals surface area contributed by atoms with Crippen molar-refractivity contribution in [2.24, 2.45) is 5.41 Å². The summed E-state index contributed by atoms with van der Waals surface area (Å²) in [6.45, 7) is 2.75. The second-order valence-corrected chi connectivity index (χ2v) is 6.23. The van der Waals surface area contributed by atoms with E-state index in [4.69, 9.17) is 0 Å². The van der Waals surface area contributed by atoms with Crippen LogP contribution in [-0.4, -0.2) is 49.7 Å². The molecule has 6 nitrogen and oxygen atoms in total. The van der Waals surface area contributed by atoms with Gasteiger partial charge in [0, 0.05) is 24.3 Å². The van der Waals surface area contributed by atoms with Crippen molar-refractivity contribution < 1.29 is 14.4 Å². The van der Waals surface area contributed by atoms with E-state index in [0.29, 0.717) is 30.6 Å². The number of hydrogen-bond acceptors (Lipinski definition) is 4. The van der Waals surface area contributed by atoms with Crippen molar-refractivity contribution in [2.75, 3.05) is 32.5 Å². The summed E-state index contributed by atoms with van der Waals surface area (Å²) >= 11 is 0. The topological polar surface area (TPSA) is 78.5 Å². The first-order valence-corrected chi connectivity index (χ1v) is 7.71. The first-order valence-electron chi connectivity index (χ1n) is 7.71. The van der Waals surface area contributed by atoms with E-state index in [9.17, 15) is 14.4 Å². The van der Waals surface area contributed by atoms with Gasteiger partial charge in [0.05, 0.1) is 0 Å². The third kappa shape index (κ3) is 4.16. The summed E-state index contributed by atoms with van der Waals surface area (Å²) in [5.41, 5.74) is 0.240. The number of nitrogens with one attached hydrogen (secondary N) is 2. The summed E-state index contributed by atoms with van der Waals surface area (Å²) in [5.74, 6) is -0.519. The van der Waals surface area contributed by atoms with Crippen molar-refractivity contribution in [3.63, 3.8) is 0 Å². The van der Waals surface area contributed by atoms with Crippen molar-refractivity contribution in [3.05, 3.63) is 29.8 Å². The number of rotatable bonds is 7. The van der Waals surface area contributed by atoms with Crippen molar-refractivity contribution in [2.45, 2.75) is 19.8 Å². The number of Topliss-reactive ketones (excluding diaryl/α,β-unsaturated/α-hetero) is 1. The van der Waals surface area contributed by atoms with Gasteiger partial charge in [0.2, 0.25) is 11.8 Å². The van der Waals surface area contributed by atoms with Crippen molar-refractivity contribution in [3.8, 4) is 0 Å². The second-order valence-electron chi connectivity index (χ2n) is 6.23. The Kier molecular flexibility index (Phi) is 5.15. The molecule has 0 aromatic heterocycles. The van der Waals surface area contributed by atoms with Crippen LogP contribution in [-0.2, 0) is 9.59 Å². The van der Waals surface area contributed by atoms with Crippen LogP contribution >= 0.6 is 0 Å². The van der Waals surface area contributed by atoms with Crippen LogP contribution in [0.25, 0.3) is 0 Å². The normalized spacial score (nSPS) is 15.1. The molecule has 0 heterocycles. The molecule has 2 amide bonds. The molecule has 23 heavy (non-hydrogen) atoms. The molecule has 1 saturated carbocycles. The number of anilines is 1. The number of benzene rings is 1. The van der Waals surface area contributed by atoms with E-state index < -0.39 is 5.41 Å². The molecule has 1 aliphatic rings. The Morgan fingerprint density at radius 1 is 1.09 bits per heavy atom. The molecule has 0 bridgehead atoms. The van der Waals surface area contributed by atoms with E-state index in [0.717, 1.165) is 6.54 Å². The number of hydrogen-bond donors (Lipinski definition) is 2. The fourth-order valence-electron chi connectivity index (χ4n) is 2.28. The Hall–Kier alpha value is -2.21. The first-order chi connectivity index (χ1) is 10.8. The van der Waals surface area contributed by atoms with Gasteiger partial charge >= 0.3 is 0 Å². The predicted molar refractivity (Wildman–Crippen MR) is 88.3 cm³/mol. The summed E-state index contributed by atoms with van der Waals surface area (Å²) in [6.07, 6.45) is 1.14. The molecule has 1 aromatic rings. The van der Waals surface area contributed by atoms with Gasteiger partial charge in [-0.15, -0.1) is 0 Å².